The fourth-order valence-corrected chi connectivity index (χ4v) is 3.58. The Balaban J connectivity index is 2.24. The third-order valence-electron chi connectivity index (χ3n) is 4.64. The molecule has 1 aromatic heterocycles. The lowest BCUT2D eigenvalue weighted by atomic mass is 9.97. The van der Waals surface area contributed by atoms with Crippen molar-refractivity contribution >= 4 is 10.9 Å². The Morgan fingerprint density at radius 2 is 1.69 bits per heavy atom. The number of hydrogen-bond acceptors (Lipinski definition) is 1. The van der Waals surface area contributed by atoms with Crippen molar-refractivity contribution in [2.75, 3.05) is 6.54 Å². The first-order chi connectivity index (χ1) is 12.3. The van der Waals surface area contributed by atoms with Gasteiger partial charge in [-0.25, -0.2) is 0 Å². The second-order valence-electron chi connectivity index (χ2n) is 6.83. The van der Waals surface area contributed by atoms with Crippen molar-refractivity contribution in [1.82, 2.24) is 4.98 Å². The largest absolute Gasteiger partial charge is 0.418 e. The molecule has 138 valence electrons. The van der Waals surface area contributed by atoms with E-state index >= 15 is 0 Å². The third-order valence-corrected chi connectivity index (χ3v) is 4.64. The van der Waals surface area contributed by atoms with Crippen LogP contribution in [0.3, 0.4) is 0 Å². The van der Waals surface area contributed by atoms with Crippen LogP contribution in [0.5, 0.6) is 0 Å². The third kappa shape index (κ3) is 3.63. The van der Waals surface area contributed by atoms with Crippen molar-refractivity contribution in [3.05, 3.63) is 58.7 Å². The molecule has 0 fully saturated rings. The van der Waals surface area contributed by atoms with E-state index in [0.29, 0.717) is 18.4 Å². The van der Waals surface area contributed by atoms with Gasteiger partial charge in [0.25, 0.3) is 0 Å². The molecule has 0 unspecified atom stereocenters. The van der Waals surface area contributed by atoms with Crippen molar-refractivity contribution < 1.29 is 13.2 Å². The predicted molar refractivity (Wildman–Crippen MR) is 100 cm³/mol. The van der Waals surface area contributed by atoms with Crippen molar-refractivity contribution in [3.8, 4) is 11.3 Å². The van der Waals surface area contributed by atoms with E-state index in [9.17, 15) is 13.2 Å². The van der Waals surface area contributed by atoms with E-state index in [2.05, 4.69) is 11.1 Å². The number of nitrogens with one attached hydrogen (secondary N) is 1. The minimum atomic E-state index is -4.39. The van der Waals surface area contributed by atoms with Crippen molar-refractivity contribution in [2.24, 2.45) is 5.73 Å². The van der Waals surface area contributed by atoms with Gasteiger partial charge in [0.2, 0.25) is 0 Å². The number of H-pyrrole nitrogens is 1. The lowest BCUT2D eigenvalue weighted by Crippen LogP contribution is -2.05. The van der Waals surface area contributed by atoms with Crippen LogP contribution in [0, 0.1) is 13.8 Å². The van der Waals surface area contributed by atoms with Gasteiger partial charge in [0.1, 0.15) is 0 Å². The first kappa shape index (κ1) is 18.5. The standard InChI is InChI=1S/C21H23F3N2/c1-13-10-14(2)12-15(11-13)19-16(6-3-4-9-25)17-7-5-8-18(20(17)26-19)21(22,23)24/h5,7-8,10-12,26H,3-4,6,9,25H2,1-2H3. The van der Waals surface area contributed by atoms with Gasteiger partial charge in [0.15, 0.2) is 0 Å². The van der Waals surface area contributed by atoms with E-state index in [-0.39, 0.29) is 5.52 Å². The van der Waals surface area contributed by atoms with Gasteiger partial charge in [-0.15, -0.1) is 0 Å². The van der Waals surface area contributed by atoms with E-state index in [1.807, 2.05) is 26.0 Å². The highest BCUT2D eigenvalue weighted by Crippen LogP contribution is 2.39. The molecule has 3 rings (SSSR count). The number of unbranched alkanes of at least 4 members (excludes halogenated alkanes) is 1. The van der Waals surface area contributed by atoms with Crippen LogP contribution in [0.2, 0.25) is 0 Å². The second kappa shape index (κ2) is 7.16. The van der Waals surface area contributed by atoms with Crippen LogP contribution in [-0.2, 0) is 12.6 Å². The number of nitrogens with two attached hydrogens (primary N) is 1. The molecule has 0 amide bonds. The quantitative estimate of drug-likeness (QED) is 0.559. The highest BCUT2D eigenvalue weighted by molar-refractivity contribution is 5.93. The first-order valence-corrected chi connectivity index (χ1v) is 8.80. The lowest BCUT2D eigenvalue weighted by Gasteiger charge is -2.08. The fourth-order valence-electron chi connectivity index (χ4n) is 3.58. The Bertz CT molecular complexity index is 903. The van der Waals surface area contributed by atoms with Gasteiger partial charge < -0.3 is 10.7 Å². The molecule has 0 bridgehead atoms. The van der Waals surface area contributed by atoms with Gasteiger partial charge in [0, 0.05) is 11.1 Å². The van der Waals surface area contributed by atoms with Gasteiger partial charge in [-0.05, 0) is 69.0 Å². The summed E-state index contributed by atoms with van der Waals surface area (Å²) in [7, 11) is 0. The number of aryl methyl sites for hydroxylation is 3. The molecule has 0 atom stereocenters. The minimum absolute atomic E-state index is 0.164. The van der Waals surface area contributed by atoms with Crippen molar-refractivity contribution in [3.63, 3.8) is 0 Å². The molecule has 5 heteroatoms. The maximum Gasteiger partial charge on any atom is 0.418 e. The number of aromatic amines is 1. The smallest absolute Gasteiger partial charge is 0.354 e. The van der Waals surface area contributed by atoms with Crippen LogP contribution in [0.1, 0.15) is 35.1 Å². The molecule has 1 heterocycles. The SMILES string of the molecule is Cc1cc(C)cc(-c2[nH]c3c(C(F)(F)F)cccc3c2CCCCN)c1. The number of hydrogen-bond donors (Lipinski definition) is 2. The van der Waals surface area contributed by atoms with Crippen molar-refractivity contribution in [2.45, 2.75) is 39.3 Å². The van der Waals surface area contributed by atoms with Crippen LogP contribution in [0.4, 0.5) is 13.2 Å². The normalized spacial score (nSPS) is 12.1. The molecule has 0 radical (unpaired) electrons. The monoisotopic (exact) mass is 360 g/mol. The summed E-state index contributed by atoms with van der Waals surface area (Å²) in [5.74, 6) is 0. The maximum atomic E-state index is 13.5. The first-order valence-electron chi connectivity index (χ1n) is 8.80. The Morgan fingerprint density at radius 1 is 1.00 bits per heavy atom. The molecule has 2 aromatic carbocycles. The highest BCUT2D eigenvalue weighted by atomic mass is 19.4. The zero-order valence-electron chi connectivity index (χ0n) is 15.0. The summed E-state index contributed by atoms with van der Waals surface area (Å²) in [5, 5.41) is 0.644. The molecular weight excluding hydrogens is 337 g/mol. The number of para-hydroxylation sites is 1. The van der Waals surface area contributed by atoms with Crippen molar-refractivity contribution in [1.29, 1.82) is 0 Å². The molecule has 0 saturated heterocycles. The Labute approximate surface area is 151 Å². The average molecular weight is 360 g/mol. The van der Waals surface area contributed by atoms with Gasteiger partial charge in [-0.1, -0.05) is 29.3 Å². The van der Waals surface area contributed by atoms with Gasteiger partial charge >= 0.3 is 6.18 Å². The van der Waals surface area contributed by atoms with Crippen LogP contribution in [-0.4, -0.2) is 11.5 Å². The van der Waals surface area contributed by atoms with E-state index in [1.54, 1.807) is 6.07 Å². The van der Waals surface area contributed by atoms with E-state index in [1.165, 1.54) is 6.07 Å². The topological polar surface area (TPSA) is 41.8 Å². The lowest BCUT2D eigenvalue weighted by molar-refractivity contribution is -0.136. The summed E-state index contributed by atoms with van der Waals surface area (Å²) in [6.07, 6.45) is -2.01. The molecular formula is C21H23F3N2. The summed E-state index contributed by atoms with van der Waals surface area (Å²) in [6.45, 7) is 4.57. The molecule has 0 aliphatic heterocycles. The zero-order valence-corrected chi connectivity index (χ0v) is 15.0. The predicted octanol–water partition coefficient (Wildman–Crippen LogP) is 5.75. The van der Waals surface area contributed by atoms with Crippen LogP contribution in [0.15, 0.2) is 36.4 Å². The average Bonchev–Trinajstić information content (AvgIpc) is 2.92. The Kier molecular flexibility index (Phi) is 5.10. The molecule has 0 aliphatic carbocycles. The van der Waals surface area contributed by atoms with E-state index in [4.69, 9.17) is 5.73 Å². The molecule has 0 aliphatic rings. The highest BCUT2D eigenvalue weighted by Gasteiger charge is 2.34. The molecule has 26 heavy (non-hydrogen) atoms. The number of aromatic nitrogens is 1. The van der Waals surface area contributed by atoms with Gasteiger partial charge in [0.05, 0.1) is 11.1 Å². The number of alkyl halides is 3. The molecule has 3 aromatic rings. The van der Waals surface area contributed by atoms with Gasteiger partial charge in [-0.3, -0.25) is 0 Å². The van der Waals surface area contributed by atoms with Crippen LogP contribution >= 0.6 is 0 Å². The maximum absolute atomic E-state index is 13.5. The summed E-state index contributed by atoms with van der Waals surface area (Å²) < 4.78 is 40.4. The second-order valence-corrected chi connectivity index (χ2v) is 6.83. The minimum Gasteiger partial charge on any atom is -0.354 e. The summed E-state index contributed by atoms with van der Waals surface area (Å²) in [6, 6.07) is 10.5. The fraction of sp³-hybridized carbons (Fsp3) is 0.333. The summed E-state index contributed by atoms with van der Waals surface area (Å²) >= 11 is 0. The molecule has 0 saturated carbocycles. The summed E-state index contributed by atoms with van der Waals surface area (Å²) in [4.78, 5) is 3.09. The van der Waals surface area contributed by atoms with E-state index < -0.39 is 11.7 Å². The molecule has 3 N–H and O–H groups in total. The number of benzene rings is 2. The number of fused-ring (bicyclic) bond motifs is 1. The Morgan fingerprint density at radius 3 is 2.31 bits per heavy atom. The van der Waals surface area contributed by atoms with Crippen LogP contribution < -0.4 is 5.73 Å². The summed E-state index contributed by atoms with van der Waals surface area (Å²) in [5.41, 5.74) is 9.95. The van der Waals surface area contributed by atoms with Crippen LogP contribution in [0.25, 0.3) is 22.2 Å². The molecule has 2 nitrogen and oxygen atoms in total. The zero-order chi connectivity index (χ0) is 18.9. The molecule has 0 spiro atoms. The van der Waals surface area contributed by atoms with E-state index in [0.717, 1.165) is 46.9 Å². The van der Waals surface area contributed by atoms with Gasteiger partial charge in [-0.2, -0.15) is 13.2 Å². The Hall–Kier alpha value is -2.27. The number of rotatable bonds is 5. The number of halogens is 3.